The van der Waals surface area contributed by atoms with E-state index < -0.39 is 6.10 Å². The average Bonchev–Trinajstić information content (AvgIpc) is 2.74. The number of ether oxygens (including phenoxy) is 1. The number of rotatable bonds is 10. The van der Waals surface area contributed by atoms with Crippen molar-refractivity contribution >= 4 is 5.78 Å². The van der Waals surface area contributed by atoms with Crippen LogP contribution in [-0.2, 0) is 11.2 Å². The highest BCUT2D eigenvalue weighted by molar-refractivity contribution is 5.80. The molecule has 1 aliphatic rings. The van der Waals surface area contributed by atoms with Crippen LogP contribution < -0.4 is 4.74 Å². The van der Waals surface area contributed by atoms with Gasteiger partial charge in [0.1, 0.15) is 24.2 Å². The highest BCUT2D eigenvalue weighted by Crippen LogP contribution is 2.12. The molecule has 2 aromatic rings. The third kappa shape index (κ3) is 7.56. The number of aliphatic hydroxyl groups excluding tert-OH is 1. The Hall–Kier alpha value is -2.21. The SMILES string of the molecule is Cc1ccc(CCC(=O)CN2CCN(C[C@H](O)COc3ccc(C)cc3)CC2)cc1. The average molecular weight is 411 g/mol. The molecule has 0 saturated carbocycles. The Labute approximate surface area is 180 Å². The first-order valence-electron chi connectivity index (χ1n) is 10.9. The monoisotopic (exact) mass is 410 g/mol. The quantitative estimate of drug-likeness (QED) is 0.653. The molecule has 1 atom stereocenters. The Bertz CT molecular complexity index is 781. The van der Waals surface area contributed by atoms with E-state index in [9.17, 15) is 9.90 Å². The van der Waals surface area contributed by atoms with Gasteiger partial charge in [-0.25, -0.2) is 0 Å². The predicted molar refractivity (Wildman–Crippen MR) is 120 cm³/mol. The molecule has 0 spiro atoms. The van der Waals surface area contributed by atoms with Crippen LogP contribution in [-0.4, -0.2) is 72.7 Å². The van der Waals surface area contributed by atoms with Crippen molar-refractivity contribution in [3.8, 4) is 5.75 Å². The lowest BCUT2D eigenvalue weighted by atomic mass is 10.1. The molecule has 1 heterocycles. The van der Waals surface area contributed by atoms with Crippen LogP contribution >= 0.6 is 0 Å². The van der Waals surface area contributed by atoms with Gasteiger partial charge in [-0.05, 0) is 38.0 Å². The van der Waals surface area contributed by atoms with Gasteiger partial charge in [0.25, 0.3) is 0 Å². The zero-order valence-electron chi connectivity index (χ0n) is 18.2. The van der Waals surface area contributed by atoms with Gasteiger partial charge in [-0.15, -0.1) is 0 Å². The second-order valence-corrected chi connectivity index (χ2v) is 8.38. The molecule has 5 heteroatoms. The number of Topliss-reactive ketones (excluding diaryl/α,β-unsaturated/α-hetero) is 1. The number of β-amino-alcohol motifs (C(OH)–C–C–N with tert-alkyl or cyclic N) is 1. The predicted octanol–water partition coefficient (Wildman–Crippen LogP) is 2.86. The minimum Gasteiger partial charge on any atom is -0.491 e. The first-order valence-corrected chi connectivity index (χ1v) is 10.9. The van der Waals surface area contributed by atoms with E-state index in [0.29, 0.717) is 31.9 Å². The van der Waals surface area contributed by atoms with Crippen LogP contribution in [0.25, 0.3) is 0 Å². The van der Waals surface area contributed by atoms with Crippen LogP contribution in [0.1, 0.15) is 23.1 Å². The maximum Gasteiger partial charge on any atom is 0.147 e. The number of carbonyl (C=O) groups excluding carboxylic acids is 1. The second kappa shape index (κ2) is 11.3. The molecular formula is C25H34N2O3. The van der Waals surface area contributed by atoms with Gasteiger partial charge in [0.15, 0.2) is 0 Å². The maximum atomic E-state index is 12.3. The van der Waals surface area contributed by atoms with E-state index in [0.717, 1.165) is 38.3 Å². The van der Waals surface area contributed by atoms with E-state index in [1.54, 1.807) is 0 Å². The lowest BCUT2D eigenvalue weighted by molar-refractivity contribution is -0.120. The minimum atomic E-state index is -0.519. The fourth-order valence-electron chi connectivity index (χ4n) is 3.67. The Kier molecular flexibility index (Phi) is 8.43. The summed E-state index contributed by atoms with van der Waals surface area (Å²) >= 11 is 0. The molecule has 0 aliphatic carbocycles. The van der Waals surface area contributed by atoms with Crippen LogP contribution in [0.5, 0.6) is 5.75 Å². The summed E-state index contributed by atoms with van der Waals surface area (Å²) in [4.78, 5) is 16.8. The van der Waals surface area contributed by atoms with Crippen LogP contribution in [0, 0.1) is 13.8 Å². The summed E-state index contributed by atoms with van der Waals surface area (Å²) in [7, 11) is 0. The summed E-state index contributed by atoms with van der Waals surface area (Å²) in [6.45, 7) is 8.99. The van der Waals surface area contributed by atoms with Crippen molar-refractivity contribution < 1.29 is 14.6 Å². The molecular weight excluding hydrogens is 376 g/mol. The van der Waals surface area contributed by atoms with E-state index in [2.05, 4.69) is 41.0 Å². The summed E-state index contributed by atoms with van der Waals surface area (Å²) in [5.74, 6) is 1.09. The van der Waals surface area contributed by atoms with Crippen molar-refractivity contribution in [1.82, 2.24) is 9.80 Å². The molecule has 1 N–H and O–H groups in total. The van der Waals surface area contributed by atoms with E-state index in [1.807, 2.05) is 31.2 Å². The number of aliphatic hydroxyl groups is 1. The van der Waals surface area contributed by atoms with Crippen molar-refractivity contribution in [1.29, 1.82) is 0 Å². The molecule has 5 nitrogen and oxygen atoms in total. The summed E-state index contributed by atoms with van der Waals surface area (Å²) in [6, 6.07) is 16.3. The van der Waals surface area contributed by atoms with E-state index >= 15 is 0 Å². The zero-order valence-corrected chi connectivity index (χ0v) is 18.2. The Morgan fingerprint density at radius 3 is 2.13 bits per heavy atom. The first-order chi connectivity index (χ1) is 14.5. The number of nitrogens with zero attached hydrogens (tertiary/aromatic N) is 2. The van der Waals surface area contributed by atoms with Crippen LogP contribution in [0.2, 0.25) is 0 Å². The van der Waals surface area contributed by atoms with Crippen molar-refractivity contribution in [2.45, 2.75) is 32.8 Å². The molecule has 1 saturated heterocycles. The lowest BCUT2D eigenvalue weighted by Crippen LogP contribution is -2.50. The molecule has 0 unspecified atom stereocenters. The van der Waals surface area contributed by atoms with Gasteiger partial charge in [-0.3, -0.25) is 14.6 Å². The zero-order chi connectivity index (χ0) is 21.3. The normalized spacial score (nSPS) is 16.4. The van der Waals surface area contributed by atoms with Crippen LogP contribution in [0.15, 0.2) is 48.5 Å². The largest absolute Gasteiger partial charge is 0.491 e. The van der Waals surface area contributed by atoms with Crippen molar-refractivity contribution in [2.24, 2.45) is 0 Å². The highest BCUT2D eigenvalue weighted by atomic mass is 16.5. The number of carbonyl (C=O) groups is 1. The topological polar surface area (TPSA) is 53.0 Å². The molecule has 1 fully saturated rings. The number of piperazine rings is 1. The van der Waals surface area contributed by atoms with Gasteiger partial charge in [0.05, 0.1) is 6.54 Å². The second-order valence-electron chi connectivity index (χ2n) is 8.38. The molecule has 0 bridgehead atoms. The standard InChI is InChI=1S/C25H34N2O3/c1-20-3-7-22(8-4-20)9-10-23(28)17-26-13-15-27(16-14-26)18-24(29)19-30-25-11-5-21(2)6-12-25/h3-8,11-12,24,29H,9-10,13-19H2,1-2H3/t24-/m0/s1. The molecule has 0 aromatic heterocycles. The van der Waals surface area contributed by atoms with Crippen molar-refractivity contribution in [2.75, 3.05) is 45.9 Å². The van der Waals surface area contributed by atoms with Crippen molar-refractivity contribution in [3.63, 3.8) is 0 Å². The summed E-state index contributed by atoms with van der Waals surface area (Å²) in [5.41, 5.74) is 3.66. The van der Waals surface area contributed by atoms with E-state index in [1.165, 1.54) is 16.7 Å². The lowest BCUT2D eigenvalue weighted by Gasteiger charge is -2.35. The maximum absolute atomic E-state index is 12.3. The number of hydrogen-bond donors (Lipinski definition) is 1. The molecule has 0 amide bonds. The van der Waals surface area contributed by atoms with Crippen molar-refractivity contribution in [3.05, 3.63) is 65.2 Å². The molecule has 2 aromatic carbocycles. The summed E-state index contributed by atoms with van der Waals surface area (Å²) < 4.78 is 5.68. The molecule has 0 radical (unpaired) electrons. The first kappa shape index (κ1) is 22.5. The van der Waals surface area contributed by atoms with Gasteiger partial charge < -0.3 is 9.84 Å². The van der Waals surface area contributed by atoms with Gasteiger partial charge in [0, 0.05) is 39.1 Å². The smallest absolute Gasteiger partial charge is 0.147 e. The third-order valence-electron chi connectivity index (χ3n) is 5.61. The van der Waals surface area contributed by atoms with Crippen LogP contribution in [0.3, 0.4) is 0 Å². The Balaban J connectivity index is 1.30. The van der Waals surface area contributed by atoms with Gasteiger partial charge in [0.2, 0.25) is 0 Å². The van der Waals surface area contributed by atoms with E-state index in [4.69, 9.17) is 4.74 Å². The molecule has 162 valence electrons. The van der Waals surface area contributed by atoms with Gasteiger partial charge in [-0.2, -0.15) is 0 Å². The number of hydrogen-bond acceptors (Lipinski definition) is 5. The Morgan fingerprint density at radius 2 is 1.50 bits per heavy atom. The summed E-state index contributed by atoms with van der Waals surface area (Å²) in [5, 5.41) is 10.3. The number of benzene rings is 2. The minimum absolute atomic E-state index is 0.292. The van der Waals surface area contributed by atoms with Crippen LogP contribution in [0.4, 0.5) is 0 Å². The molecule has 1 aliphatic heterocycles. The highest BCUT2D eigenvalue weighted by Gasteiger charge is 2.21. The fraction of sp³-hybridized carbons (Fsp3) is 0.480. The van der Waals surface area contributed by atoms with E-state index in [-0.39, 0.29) is 0 Å². The fourth-order valence-corrected chi connectivity index (χ4v) is 3.67. The van der Waals surface area contributed by atoms with Gasteiger partial charge in [-0.1, -0.05) is 47.5 Å². The molecule has 30 heavy (non-hydrogen) atoms. The molecule has 3 rings (SSSR count). The summed E-state index contributed by atoms with van der Waals surface area (Å²) in [6.07, 6.45) is 0.888. The number of aryl methyl sites for hydroxylation is 3. The number of ketones is 1. The Morgan fingerprint density at radius 1 is 0.933 bits per heavy atom. The van der Waals surface area contributed by atoms with Gasteiger partial charge >= 0.3 is 0 Å². The third-order valence-corrected chi connectivity index (χ3v) is 5.61.